The summed E-state index contributed by atoms with van der Waals surface area (Å²) in [6.45, 7) is 0.752. The van der Waals surface area contributed by atoms with Crippen LogP contribution in [0.15, 0.2) is 0 Å². The number of amides is 2. The maximum Gasteiger partial charge on any atom is 0.233 e. The lowest BCUT2D eigenvalue weighted by Crippen LogP contribution is -2.66. The lowest BCUT2D eigenvalue weighted by Gasteiger charge is -2.38. The van der Waals surface area contributed by atoms with E-state index in [0.29, 0.717) is 0 Å². The highest BCUT2D eigenvalue weighted by atomic mass is 16.4. The van der Waals surface area contributed by atoms with Gasteiger partial charge in [0.2, 0.25) is 17.5 Å². The topological polar surface area (TPSA) is 156 Å². The summed E-state index contributed by atoms with van der Waals surface area (Å²) >= 11 is 0. The van der Waals surface area contributed by atoms with Crippen LogP contribution in [0.4, 0.5) is 0 Å². The molecular formula is C10H17NO8. The molecule has 0 aromatic rings. The van der Waals surface area contributed by atoms with Crippen LogP contribution in [0, 0.1) is 0 Å². The first-order chi connectivity index (χ1) is 8.63. The lowest BCUT2D eigenvalue weighted by atomic mass is 9.97. The Hall–Kier alpha value is -1.39. The quantitative estimate of drug-likeness (QED) is 0.246. The minimum Gasteiger partial charge on any atom is -0.394 e. The fourth-order valence-corrected chi connectivity index (χ4v) is 1.55. The van der Waals surface area contributed by atoms with E-state index in [1.165, 1.54) is 0 Å². The smallest absolute Gasteiger partial charge is 0.233 e. The van der Waals surface area contributed by atoms with Gasteiger partial charge in [0.05, 0.1) is 6.61 Å². The number of rotatable bonds is 6. The van der Waals surface area contributed by atoms with Crippen LogP contribution in [-0.4, -0.2) is 79.2 Å². The summed E-state index contributed by atoms with van der Waals surface area (Å²) in [7, 11) is 0. The molecule has 0 radical (unpaired) electrons. The molecular weight excluding hydrogens is 262 g/mol. The summed E-state index contributed by atoms with van der Waals surface area (Å²) in [6.07, 6.45) is -6.73. The number of carbonyl (C=O) groups is 3. The molecule has 0 heterocycles. The van der Waals surface area contributed by atoms with E-state index in [1.807, 2.05) is 0 Å². The molecule has 0 bridgehead atoms. The molecule has 0 saturated carbocycles. The Labute approximate surface area is 108 Å². The Bertz CT molecular complexity index is 345. The minimum absolute atomic E-state index is 0.0397. The van der Waals surface area contributed by atoms with Crippen LogP contribution in [0.1, 0.15) is 13.8 Å². The summed E-state index contributed by atoms with van der Waals surface area (Å²) in [5.41, 5.74) is -3.05. The molecule has 0 aromatic heterocycles. The van der Waals surface area contributed by atoms with Crippen LogP contribution in [0.25, 0.3) is 0 Å². The van der Waals surface area contributed by atoms with E-state index in [0.717, 1.165) is 13.8 Å². The summed E-state index contributed by atoms with van der Waals surface area (Å²) in [5, 5.41) is 46.8. The number of hydrogen-bond donors (Lipinski definition) is 5. The maximum absolute atomic E-state index is 11.2. The number of carbonyl (C=O) groups excluding carboxylic acids is 3. The zero-order valence-corrected chi connectivity index (χ0v) is 10.4. The van der Waals surface area contributed by atoms with Crippen molar-refractivity contribution in [2.45, 2.75) is 37.9 Å². The highest BCUT2D eigenvalue weighted by Crippen LogP contribution is 2.20. The normalized spacial score (nSPS) is 18.9. The van der Waals surface area contributed by atoms with E-state index in [4.69, 9.17) is 10.2 Å². The van der Waals surface area contributed by atoms with Gasteiger partial charge in [-0.25, -0.2) is 4.90 Å². The molecule has 0 aromatic carbocycles. The van der Waals surface area contributed by atoms with Crippen molar-refractivity contribution in [1.29, 1.82) is 0 Å². The third-order valence-electron chi connectivity index (χ3n) is 2.50. The van der Waals surface area contributed by atoms with Gasteiger partial charge in [0.1, 0.15) is 18.3 Å². The summed E-state index contributed by atoms with van der Waals surface area (Å²) in [5.74, 6) is -2.10. The zero-order valence-electron chi connectivity index (χ0n) is 10.4. The molecule has 0 unspecified atom stereocenters. The predicted octanol–water partition coefficient (Wildman–Crippen LogP) is -3.66. The first kappa shape index (κ1) is 17.6. The van der Waals surface area contributed by atoms with Gasteiger partial charge in [0.15, 0.2) is 6.29 Å². The van der Waals surface area contributed by atoms with Crippen molar-refractivity contribution in [2.24, 2.45) is 0 Å². The van der Waals surface area contributed by atoms with E-state index in [1.54, 1.807) is 0 Å². The average Bonchev–Trinajstić information content (AvgIpc) is 2.34. The monoisotopic (exact) mass is 279 g/mol. The SMILES string of the molecule is CC(=O)N(C(C)=O)[C@](O)(C=O)[C@@H](O)[C@H](O)[C@H](O)CO. The second-order valence-electron chi connectivity index (χ2n) is 3.96. The van der Waals surface area contributed by atoms with Gasteiger partial charge < -0.3 is 25.5 Å². The molecule has 9 heteroatoms. The summed E-state index contributed by atoms with van der Waals surface area (Å²) < 4.78 is 0. The van der Waals surface area contributed by atoms with Crippen LogP contribution in [-0.2, 0) is 14.4 Å². The third-order valence-corrected chi connectivity index (χ3v) is 2.50. The summed E-state index contributed by atoms with van der Waals surface area (Å²) in [4.78, 5) is 33.4. The van der Waals surface area contributed by atoms with Crippen molar-refractivity contribution in [2.75, 3.05) is 6.61 Å². The molecule has 0 aliphatic heterocycles. The zero-order chi connectivity index (χ0) is 15.4. The van der Waals surface area contributed by atoms with E-state index in [9.17, 15) is 29.7 Å². The number of nitrogens with zero attached hydrogens (tertiary/aromatic N) is 1. The van der Waals surface area contributed by atoms with Crippen molar-refractivity contribution in [3.63, 3.8) is 0 Å². The van der Waals surface area contributed by atoms with Crippen molar-refractivity contribution < 1.29 is 39.9 Å². The van der Waals surface area contributed by atoms with Crippen LogP contribution in [0.3, 0.4) is 0 Å². The van der Waals surface area contributed by atoms with Gasteiger partial charge in [0, 0.05) is 13.8 Å². The van der Waals surface area contributed by atoms with Gasteiger partial charge >= 0.3 is 0 Å². The van der Waals surface area contributed by atoms with Crippen molar-refractivity contribution >= 4 is 18.1 Å². The molecule has 2 amide bonds. The Balaban J connectivity index is 5.51. The molecule has 0 fully saturated rings. The molecule has 110 valence electrons. The third kappa shape index (κ3) is 3.55. The highest BCUT2D eigenvalue weighted by Gasteiger charge is 2.50. The van der Waals surface area contributed by atoms with Crippen molar-refractivity contribution in [3.05, 3.63) is 0 Å². The minimum atomic E-state index is -3.05. The Morgan fingerprint density at radius 3 is 1.89 bits per heavy atom. The lowest BCUT2D eigenvalue weighted by molar-refractivity contribution is -0.211. The molecule has 0 aliphatic carbocycles. The largest absolute Gasteiger partial charge is 0.394 e. The average molecular weight is 279 g/mol. The molecule has 5 N–H and O–H groups in total. The van der Waals surface area contributed by atoms with Gasteiger partial charge in [-0.05, 0) is 0 Å². The Morgan fingerprint density at radius 1 is 1.21 bits per heavy atom. The molecule has 9 nitrogen and oxygen atoms in total. The first-order valence-electron chi connectivity index (χ1n) is 5.28. The van der Waals surface area contributed by atoms with Crippen LogP contribution < -0.4 is 0 Å². The van der Waals surface area contributed by atoms with Gasteiger partial charge in [-0.1, -0.05) is 0 Å². The predicted molar refractivity (Wildman–Crippen MR) is 59.3 cm³/mol. The van der Waals surface area contributed by atoms with Gasteiger partial charge in [-0.15, -0.1) is 0 Å². The highest BCUT2D eigenvalue weighted by molar-refractivity contribution is 5.96. The first-order valence-corrected chi connectivity index (χ1v) is 5.28. The number of hydrogen-bond acceptors (Lipinski definition) is 8. The second kappa shape index (κ2) is 6.68. The van der Waals surface area contributed by atoms with Crippen LogP contribution in [0.5, 0.6) is 0 Å². The van der Waals surface area contributed by atoms with Crippen molar-refractivity contribution in [1.82, 2.24) is 4.90 Å². The van der Waals surface area contributed by atoms with Gasteiger partial charge in [-0.2, -0.15) is 0 Å². The molecule has 0 spiro atoms. The van der Waals surface area contributed by atoms with Crippen molar-refractivity contribution in [3.8, 4) is 0 Å². The number of aliphatic hydroxyl groups is 5. The molecule has 0 aliphatic rings. The van der Waals surface area contributed by atoms with E-state index < -0.39 is 42.5 Å². The van der Waals surface area contributed by atoms with Gasteiger partial charge in [0.25, 0.3) is 0 Å². The Kier molecular flexibility index (Phi) is 6.19. The molecule has 4 atom stereocenters. The van der Waals surface area contributed by atoms with E-state index in [-0.39, 0.29) is 11.2 Å². The maximum atomic E-state index is 11.2. The molecule has 0 rings (SSSR count). The van der Waals surface area contributed by atoms with Crippen LogP contribution >= 0.6 is 0 Å². The van der Waals surface area contributed by atoms with Gasteiger partial charge in [-0.3, -0.25) is 14.4 Å². The number of imide groups is 1. The van der Waals surface area contributed by atoms with E-state index in [2.05, 4.69) is 0 Å². The fourth-order valence-electron chi connectivity index (χ4n) is 1.55. The molecule has 19 heavy (non-hydrogen) atoms. The Morgan fingerprint density at radius 2 is 1.63 bits per heavy atom. The molecule has 0 saturated heterocycles. The van der Waals surface area contributed by atoms with E-state index >= 15 is 0 Å². The number of aliphatic hydroxyl groups excluding tert-OH is 4. The fraction of sp³-hybridized carbons (Fsp3) is 0.700. The summed E-state index contributed by atoms with van der Waals surface area (Å²) in [6, 6.07) is 0. The van der Waals surface area contributed by atoms with Crippen LogP contribution in [0.2, 0.25) is 0 Å². The standard InChI is InChI=1S/C10H17NO8/c1-5(14)11(6(2)15)10(19,4-13)9(18)8(17)7(16)3-12/h4,7-9,12,16-19H,3H2,1-2H3/t7-,8-,9+,10+/m1/s1. The second-order valence-corrected chi connectivity index (χ2v) is 3.96. The number of aldehydes is 1.